The van der Waals surface area contributed by atoms with Crippen molar-refractivity contribution in [3.63, 3.8) is 0 Å². The molecule has 2 fully saturated rings. The molecule has 8 nitrogen and oxygen atoms in total. The van der Waals surface area contributed by atoms with Crippen LogP contribution in [0.3, 0.4) is 0 Å². The van der Waals surface area contributed by atoms with E-state index in [0.717, 1.165) is 12.8 Å². The molecule has 1 saturated carbocycles. The highest BCUT2D eigenvalue weighted by molar-refractivity contribution is 8.07. The van der Waals surface area contributed by atoms with E-state index in [2.05, 4.69) is 0 Å². The molecule has 1 aliphatic heterocycles. The van der Waals surface area contributed by atoms with Crippen molar-refractivity contribution >= 4 is 38.8 Å². The van der Waals surface area contributed by atoms with Gasteiger partial charge < -0.3 is 13.8 Å². The van der Waals surface area contributed by atoms with Crippen LogP contribution in [0.2, 0.25) is 0 Å². The topological polar surface area (TPSA) is 113 Å². The molecule has 1 aliphatic carbocycles. The highest BCUT2D eigenvalue weighted by atomic mass is 32.2. The van der Waals surface area contributed by atoms with Gasteiger partial charge in [0.15, 0.2) is 0 Å². The van der Waals surface area contributed by atoms with Crippen LogP contribution in [0.4, 0.5) is 9.59 Å². The van der Waals surface area contributed by atoms with Crippen LogP contribution < -0.4 is 0 Å². The molecule has 2 aliphatic rings. The second-order valence-electron chi connectivity index (χ2n) is 8.11. The Hall–Kier alpha value is -0.970. The first-order chi connectivity index (χ1) is 13.6. The van der Waals surface area contributed by atoms with Crippen LogP contribution in [0.15, 0.2) is 0 Å². The molecule has 0 aromatic heterocycles. The Balaban J connectivity index is 1.88. The Bertz CT molecular complexity index is 610. The monoisotopic (exact) mass is 448 g/mol. The highest BCUT2D eigenvalue weighted by Gasteiger charge is 2.45. The van der Waals surface area contributed by atoms with E-state index in [-0.39, 0.29) is 23.5 Å². The Labute approximate surface area is 179 Å². The molecule has 166 valence electrons. The molecule has 3 unspecified atom stereocenters. The molecule has 3 atom stereocenters. The summed E-state index contributed by atoms with van der Waals surface area (Å²) >= 11 is -3.37. The van der Waals surface area contributed by atoms with Crippen LogP contribution in [0.25, 0.3) is 0 Å². The largest absolute Gasteiger partial charge is 0.607 e. The predicted molar refractivity (Wildman–Crippen MR) is 112 cm³/mol. The zero-order valence-corrected chi connectivity index (χ0v) is 19.3. The van der Waals surface area contributed by atoms with Crippen molar-refractivity contribution in [2.45, 2.75) is 75.9 Å². The first-order valence-corrected chi connectivity index (χ1v) is 12.6. The summed E-state index contributed by atoms with van der Waals surface area (Å²) in [5.41, 5.74) is 0. The molecule has 0 bridgehead atoms. The SMILES string of the molecule is CCN(CC)C(=O)[S+]([O-])C(C)(C)CC(=O)OC1CCCN(C(=O)[S+]([O-])C2CC2)C1. The molecule has 10 heteroatoms. The molecule has 1 saturated heterocycles. The van der Waals surface area contributed by atoms with E-state index in [1.54, 1.807) is 13.8 Å². The van der Waals surface area contributed by atoms with Crippen molar-refractivity contribution < 1.29 is 28.2 Å². The average Bonchev–Trinajstić information content (AvgIpc) is 3.52. The number of piperidine rings is 1. The van der Waals surface area contributed by atoms with Crippen LogP contribution in [-0.4, -0.2) is 77.6 Å². The normalized spacial score (nSPS) is 22.0. The number of nitrogens with zero attached hydrogens (tertiary/aromatic N) is 2. The van der Waals surface area contributed by atoms with Crippen molar-refractivity contribution in [3.8, 4) is 0 Å². The van der Waals surface area contributed by atoms with Crippen LogP contribution in [-0.2, 0) is 31.9 Å². The summed E-state index contributed by atoms with van der Waals surface area (Å²) < 4.78 is 29.2. The molecule has 0 radical (unpaired) electrons. The van der Waals surface area contributed by atoms with Gasteiger partial charge in [0.05, 0.1) is 24.1 Å². The van der Waals surface area contributed by atoms with Crippen molar-refractivity contribution in [2.24, 2.45) is 0 Å². The van der Waals surface area contributed by atoms with Gasteiger partial charge in [-0.25, -0.2) is 9.59 Å². The molecular weight excluding hydrogens is 416 g/mol. The smallest absolute Gasteiger partial charge is 0.430 e. The van der Waals surface area contributed by atoms with Crippen molar-refractivity contribution in [3.05, 3.63) is 0 Å². The molecule has 2 amide bonds. The summed E-state index contributed by atoms with van der Waals surface area (Å²) in [5, 5.41) is -0.881. The van der Waals surface area contributed by atoms with Gasteiger partial charge in [-0.15, -0.1) is 0 Å². The molecule has 2 rings (SSSR count). The van der Waals surface area contributed by atoms with E-state index < -0.39 is 44.4 Å². The fourth-order valence-electron chi connectivity index (χ4n) is 3.23. The third-order valence-corrected chi connectivity index (χ3v) is 8.59. The average molecular weight is 449 g/mol. The van der Waals surface area contributed by atoms with Crippen molar-refractivity contribution in [1.29, 1.82) is 0 Å². The zero-order valence-electron chi connectivity index (χ0n) is 17.7. The molecule has 1 heterocycles. The first-order valence-electron chi connectivity index (χ1n) is 10.2. The summed E-state index contributed by atoms with van der Waals surface area (Å²) in [6.45, 7) is 8.50. The predicted octanol–water partition coefficient (Wildman–Crippen LogP) is 2.40. The summed E-state index contributed by atoms with van der Waals surface area (Å²) in [6.07, 6.45) is 2.30. The first kappa shape index (κ1) is 24.3. The summed E-state index contributed by atoms with van der Waals surface area (Å²) in [7, 11) is 0. The molecule has 0 aromatic carbocycles. The van der Waals surface area contributed by atoms with Gasteiger partial charge in [0.25, 0.3) is 0 Å². The minimum absolute atomic E-state index is 0.0236. The van der Waals surface area contributed by atoms with Gasteiger partial charge in [-0.1, -0.05) is 0 Å². The molecule has 0 aromatic rings. The Morgan fingerprint density at radius 2 is 1.76 bits per heavy atom. The number of carbonyl (C=O) groups excluding carboxylic acids is 3. The van der Waals surface area contributed by atoms with Gasteiger partial charge in [-0.05, 0) is 40.5 Å². The minimum atomic E-state index is -1.87. The molecular formula is C19H32N2O6S2. The number of amides is 2. The van der Waals surface area contributed by atoms with Gasteiger partial charge in [-0.3, -0.25) is 14.6 Å². The summed E-state index contributed by atoms with van der Waals surface area (Å²) in [6, 6.07) is 0. The van der Waals surface area contributed by atoms with E-state index in [0.29, 0.717) is 32.5 Å². The second-order valence-corrected chi connectivity index (χ2v) is 11.7. The molecule has 0 spiro atoms. The Morgan fingerprint density at radius 1 is 1.14 bits per heavy atom. The number of likely N-dealkylation sites (tertiary alicyclic amines) is 1. The number of hydrogen-bond acceptors (Lipinski definition) is 6. The highest BCUT2D eigenvalue weighted by Crippen LogP contribution is 2.31. The van der Waals surface area contributed by atoms with Gasteiger partial charge in [0.2, 0.25) is 0 Å². The number of hydrogen-bond donors (Lipinski definition) is 0. The number of rotatable bonds is 7. The third kappa shape index (κ3) is 6.50. The summed E-state index contributed by atoms with van der Waals surface area (Å²) in [4.78, 5) is 40.1. The van der Waals surface area contributed by atoms with Gasteiger partial charge in [0.1, 0.15) is 16.1 Å². The molecule has 0 N–H and O–H groups in total. The third-order valence-electron chi connectivity index (χ3n) is 5.19. The quantitative estimate of drug-likeness (QED) is 0.436. The van der Waals surface area contributed by atoms with Gasteiger partial charge >= 0.3 is 16.4 Å². The molecule has 29 heavy (non-hydrogen) atoms. The van der Waals surface area contributed by atoms with Crippen molar-refractivity contribution in [2.75, 3.05) is 26.2 Å². The second kappa shape index (κ2) is 10.4. The van der Waals surface area contributed by atoms with E-state index in [1.165, 1.54) is 9.80 Å². The number of ether oxygens (including phenoxy) is 1. The maximum atomic E-state index is 12.7. The van der Waals surface area contributed by atoms with Gasteiger partial charge in [0, 0.05) is 43.7 Å². The maximum Gasteiger partial charge on any atom is 0.430 e. The van der Waals surface area contributed by atoms with Crippen LogP contribution in [0, 0.1) is 0 Å². The Morgan fingerprint density at radius 3 is 2.31 bits per heavy atom. The fourth-order valence-corrected chi connectivity index (χ4v) is 5.71. The lowest BCUT2D eigenvalue weighted by Crippen LogP contribution is -2.48. The lowest BCUT2D eigenvalue weighted by molar-refractivity contribution is -0.151. The van der Waals surface area contributed by atoms with E-state index in [4.69, 9.17) is 4.74 Å². The fraction of sp³-hybridized carbons (Fsp3) is 0.842. The zero-order chi connectivity index (χ0) is 21.8. The van der Waals surface area contributed by atoms with E-state index in [1.807, 2.05) is 13.8 Å². The van der Waals surface area contributed by atoms with Gasteiger partial charge in [-0.2, -0.15) is 0 Å². The number of carbonyl (C=O) groups is 3. The lowest BCUT2D eigenvalue weighted by atomic mass is 10.1. The van der Waals surface area contributed by atoms with Crippen LogP contribution in [0.5, 0.6) is 0 Å². The van der Waals surface area contributed by atoms with Crippen molar-refractivity contribution in [1.82, 2.24) is 9.80 Å². The Kier molecular flexibility index (Phi) is 8.69. The lowest BCUT2D eigenvalue weighted by Gasteiger charge is -2.33. The minimum Gasteiger partial charge on any atom is -0.607 e. The van der Waals surface area contributed by atoms with Crippen LogP contribution >= 0.6 is 0 Å². The van der Waals surface area contributed by atoms with Crippen LogP contribution in [0.1, 0.15) is 59.8 Å². The maximum absolute atomic E-state index is 12.7. The van der Waals surface area contributed by atoms with E-state index >= 15 is 0 Å². The van der Waals surface area contributed by atoms with E-state index in [9.17, 15) is 23.5 Å². The standard InChI is InChI=1S/C19H32N2O6S2/c1-5-20(6-2)18(24)29(26)19(3,4)12-16(22)27-14-8-7-11-21(13-14)17(23)28(25)15-9-10-15/h14-15H,5-13H2,1-4H3. The number of esters is 1. The summed E-state index contributed by atoms with van der Waals surface area (Å²) in [5.74, 6) is -0.543.